The number of hydrogen-bond donors (Lipinski definition) is 0. The number of ether oxygens (including phenoxy) is 2. The molecule has 0 spiro atoms. The average Bonchev–Trinajstić information content (AvgIpc) is 2.81. The summed E-state index contributed by atoms with van der Waals surface area (Å²) in [5.41, 5.74) is 0.0879. The van der Waals surface area contributed by atoms with Crippen molar-refractivity contribution in [1.82, 2.24) is 9.80 Å². The van der Waals surface area contributed by atoms with Crippen LogP contribution in [-0.2, 0) is 19.1 Å². The lowest BCUT2D eigenvalue weighted by atomic mass is 9.65. The average molecular weight is 369 g/mol. The summed E-state index contributed by atoms with van der Waals surface area (Å²) in [6.45, 7) is 16.7. The first-order valence-electron chi connectivity index (χ1n) is 9.84. The monoisotopic (exact) mass is 368 g/mol. The first kappa shape index (κ1) is 21.3. The standard InChI is InChI=1S/C20H36N2O4/c1-19(2,3)20(4,5)15-16-14-17(23)22(18(16)24)9-13-26-12-8-21-6-10-25-11-7-21/h16H,6-15H2,1-5H3. The van der Waals surface area contributed by atoms with Crippen LogP contribution in [0.15, 0.2) is 0 Å². The Bertz CT molecular complexity index is 493. The van der Waals surface area contributed by atoms with Gasteiger partial charge in [-0.15, -0.1) is 0 Å². The molecule has 0 N–H and O–H groups in total. The van der Waals surface area contributed by atoms with Crippen LogP contribution in [0, 0.1) is 16.7 Å². The highest BCUT2D eigenvalue weighted by Gasteiger charge is 2.43. The molecule has 0 radical (unpaired) electrons. The molecule has 26 heavy (non-hydrogen) atoms. The molecular formula is C20H36N2O4. The Kier molecular flexibility index (Phi) is 7.22. The zero-order chi connectivity index (χ0) is 19.4. The fraction of sp³-hybridized carbons (Fsp3) is 0.900. The number of nitrogens with zero attached hydrogens (tertiary/aromatic N) is 2. The minimum Gasteiger partial charge on any atom is -0.379 e. The molecule has 2 aliphatic rings. The second-order valence-corrected chi connectivity index (χ2v) is 9.19. The molecule has 0 aliphatic carbocycles. The maximum atomic E-state index is 12.7. The molecule has 6 heteroatoms. The number of likely N-dealkylation sites (tertiary alicyclic amines) is 1. The fourth-order valence-electron chi connectivity index (χ4n) is 3.34. The molecule has 1 unspecified atom stereocenters. The minimum absolute atomic E-state index is 0.00171. The summed E-state index contributed by atoms with van der Waals surface area (Å²) >= 11 is 0. The SMILES string of the molecule is CC(C)(C)C(C)(C)CC1CC(=O)N(CCOCCN2CCOCC2)C1=O. The van der Waals surface area contributed by atoms with E-state index in [0.717, 1.165) is 39.3 Å². The normalized spacial score (nSPS) is 23.1. The van der Waals surface area contributed by atoms with Crippen LogP contribution in [0.25, 0.3) is 0 Å². The van der Waals surface area contributed by atoms with E-state index in [2.05, 4.69) is 39.5 Å². The molecule has 2 rings (SSSR count). The lowest BCUT2D eigenvalue weighted by Crippen LogP contribution is -2.39. The molecular weight excluding hydrogens is 332 g/mol. The van der Waals surface area contributed by atoms with Crippen molar-refractivity contribution in [1.29, 1.82) is 0 Å². The summed E-state index contributed by atoms with van der Waals surface area (Å²) in [5.74, 6) is -0.268. The van der Waals surface area contributed by atoms with E-state index in [0.29, 0.717) is 26.2 Å². The number of hydrogen-bond acceptors (Lipinski definition) is 5. The number of carbonyl (C=O) groups is 2. The van der Waals surface area contributed by atoms with Gasteiger partial charge in [-0.1, -0.05) is 34.6 Å². The Morgan fingerprint density at radius 2 is 1.65 bits per heavy atom. The third-order valence-electron chi connectivity index (χ3n) is 6.24. The van der Waals surface area contributed by atoms with E-state index < -0.39 is 0 Å². The van der Waals surface area contributed by atoms with E-state index in [1.807, 2.05) is 0 Å². The lowest BCUT2D eigenvalue weighted by molar-refractivity contribution is -0.140. The zero-order valence-electron chi connectivity index (χ0n) is 17.2. The van der Waals surface area contributed by atoms with Gasteiger partial charge in [0, 0.05) is 32.0 Å². The Morgan fingerprint density at radius 1 is 1.04 bits per heavy atom. The quantitative estimate of drug-likeness (QED) is 0.485. The van der Waals surface area contributed by atoms with E-state index in [-0.39, 0.29) is 28.6 Å². The number of morpholine rings is 1. The number of rotatable bonds is 8. The smallest absolute Gasteiger partial charge is 0.232 e. The summed E-state index contributed by atoms with van der Waals surface area (Å²) < 4.78 is 11.0. The third kappa shape index (κ3) is 5.51. The molecule has 1 atom stereocenters. The molecule has 6 nitrogen and oxygen atoms in total. The van der Waals surface area contributed by atoms with E-state index in [1.165, 1.54) is 4.90 Å². The van der Waals surface area contributed by atoms with Gasteiger partial charge in [-0.25, -0.2) is 0 Å². The van der Waals surface area contributed by atoms with Gasteiger partial charge in [0.15, 0.2) is 0 Å². The predicted molar refractivity (Wildman–Crippen MR) is 101 cm³/mol. The van der Waals surface area contributed by atoms with Crippen LogP contribution in [0.3, 0.4) is 0 Å². The third-order valence-corrected chi connectivity index (χ3v) is 6.24. The van der Waals surface area contributed by atoms with Gasteiger partial charge in [0.25, 0.3) is 0 Å². The van der Waals surface area contributed by atoms with Crippen LogP contribution in [0.4, 0.5) is 0 Å². The topological polar surface area (TPSA) is 59.1 Å². The Labute approximate surface area is 158 Å². The van der Waals surface area contributed by atoms with Crippen molar-refractivity contribution in [3.05, 3.63) is 0 Å². The second-order valence-electron chi connectivity index (χ2n) is 9.19. The van der Waals surface area contributed by atoms with Gasteiger partial charge in [0.05, 0.1) is 33.0 Å². The first-order valence-corrected chi connectivity index (χ1v) is 9.84. The number of imide groups is 1. The van der Waals surface area contributed by atoms with Crippen molar-refractivity contribution in [2.75, 3.05) is 52.6 Å². The van der Waals surface area contributed by atoms with Crippen molar-refractivity contribution in [3.8, 4) is 0 Å². The van der Waals surface area contributed by atoms with Gasteiger partial charge in [-0.05, 0) is 17.3 Å². The zero-order valence-corrected chi connectivity index (χ0v) is 17.2. The molecule has 2 heterocycles. The van der Waals surface area contributed by atoms with Crippen LogP contribution in [-0.4, -0.2) is 74.2 Å². The summed E-state index contributed by atoms with van der Waals surface area (Å²) in [5, 5.41) is 0. The van der Waals surface area contributed by atoms with Gasteiger partial charge in [0.2, 0.25) is 11.8 Å². The minimum atomic E-state index is -0.190. The van der Waals surface area contributed by atoms with E-state index in [9.17, 15) is 9.59 Å². The molecule has 0 bridgehead atoms. The van der Waals surface area contributed by atoms with Crippen molar-refractivity contribution < 1.29 is 19.1 Å². The van der Waals surface area contributed by atoms with Crippen LogP contribution in [0.5, 0.6) is 0 Å². The first-order chi connectivity index (χ1) is 12.1. The van der Waals surface area contributed by atoms with Crippen LogP contribution < -0.4 is 0 Å². The van der Waals surface area contributed by atoms with Gasteiger partial charge in [-0.3, -0.25) is 19.4 Å². The second kappa shape index (κ2) is 8.81. The van der Waals surface area contributed by atoms with Gasteiger partial charge in [-0.2, -0.15) is 0 Å². The van der Waals surface area contributed by atoms with Crippen LogP contribution in [0.2, 0.25) is 0 Å². The molecule has 150 valence electrons. The van der Waals surface area contributed by atoms with E-state index in [4.69, 9.17) is 9.47 Å². The molecule has 0 aromatic heterocycles. The molecule has 2 saturated heterocycles. The number of carbonyl (C=O) groups excluding carboxylic acids is 2. The molecule has 2 amide bonds. The highest BCUT2D eigenvalue weighted by atomic mass is 16.5. The van der Waals surface area contributed by atoms with Crippen molar-refractivity contribution >= 4 is 11.8 Å². The summed E-state index contributed by atoms with van der Waals surface area (Å²) in [6, 6.07) is 0. The van der Waals surface area contributed by atoms with Gasteiger partial charge >= 0.3 is 0 Å². The molecule has 2 aliphatic heterocycles. The van der Waals surface area contributed by atoms with E-state index in [1.54, 1.807) is 0 Å². The molecule has 0 saturated carbocycles. The predicted octanol–water partition coefficient (Wildman–Crippen LogP) is 2.17. The maximum absolute atomic E-state index is 12.7. The summed E-state index contributed by atoms with van der Waals surface area (Å²) in [6.07, 6.45) is 1.08. The highest BCUT2D eigenvalue weighted by Crippen LogP contribution is 2.44. The van der Waals surface area contributed by atoms with Crippen molar-refractivity contribution in [2.45, 2.75) is 47.5 Å². The van der Waals surface area contributed by atoms with Gasteiger partial charge < -0.3 is 9.47 Å². The van der Waals surface area contributed by atoms with E-state index >= 15 is 0 Å². The fourth-order valence-corrected chi connectivity index (χ4v) is 3.34. The largest absolute Gasteiger partial charge is 0.379 e. The molecule has 0 aromatic rings. The summed E-state index contributed by atoms with van der Waals surface area (Å²) in [4.78, 5) is 28.6. The molecule has 0 aromatic carbocycles. The number of amides is 2. The van der Waals surface area contributed by atoms with Crippen molar-refractivity contribution in [3.63, 3.8) is 0 Å². The van der Waals surface area contributed by atoms with Crippen molar-refractivity contribution in [2.24, 2.45) is 16.7 Å². The van der Waals surface area contributed by atoms with Crippen LogP contribution >= 0.6 is 0 Å². The van der Waals surface area contributed by atoms with Crippen LogP contribution in [0.1, 0.15) is 47.5 Å². The Morgan fingerprint density at radius 3 is 2.27 bits per heavy atom. The Hall–Kier alpha value is -0.980. The van der Waals surface area contributed by atoms with Gasteiger partial charge in [0.1, 0.15) is 0 Å². The Balaban J connectivity index is 1.72. The summed E-state index contributed by atoms with van der Waals surface area (Å²) in [7, 11) is 0. The molecule has 2 fully saturated rings. The maximum Gasteiger partial charge on any atom is 0.232 e. The highest BCUT2D eigenvalue weighted by molar-refractivity contribution is 6.03. The lowest BCUT2D eigenvalue weighted by Gasteiger charge is -2.40.